The van der Waals surface area contributed by atoms with Crippen molar-refractivity contribution in [2.24, 2.45) is 5.92 Å². The topological polar surface area (TPSA) is 34.4 Å². The minimum atomic E-state index is 0.312. The Labute approximate surface area is 106 Å². The number of unbranched alkanes of at least 4 members (excludes halogenated alkanes) is 2. The summed E-state index contributed by atoms with van der Waals surface area (Å²) in [4.78, 5) is 13.8. The number of piperidine rings is 1. The maximum absolute atomic E-state index is 11.9. The summed E-state index contributed by atoms with van der Waals surface area (Å²) in [5, 5.41) is 4.42. The second-order valence-electron chi connectivity index (χ2n) is 5.20. The minimum absolute atomic E-state index is 0.312. The highest BCUT2D eigenvalue weighted by molar-refractivity contribution is 5.75. The van der Waals surface area contributed by atoms with Gasteiger partial charge >= 0.3 is 0 Å². The third-order valence-corrected chi connectivity index (χ3v) is 3.61. The molecule has 1 heterocycles. The Morgan fingerprint density at radius 1 is 1.41 bits per heavy atom. The van der Waals surface area contributed by atoms with Gasteiger partial charge in [-0.3, -0.25) is 4.79 Å². The average Bonchev–Trinajstić information content (AvgIpc) is 2.37. The summed E-state index contributed by atoms with van der Waals surface area (Å²) >= 11 is 0. The first-order chi connectivity index (χ1) is 8.24. The molecule has 1 fully saturated rings. The number of amides is 1. The molecule has 1 rings (SSSR count). The first-order valence-electron chi connectivity index (χ1n) is 7.11. The van der Waals surface area contributed by atoms with Gasteiger partial charge in [-0.1, -0.05) is 19.8 Å². The molecule has 0 aliphatic carbocycles. The first kappa shape index (κ1) is 14.5. The molecule has 99 valence electrons. The third-order valence-electron chi connectivity index (χ3n) is 3.61. The fourth-order valence-corrected chi connectivity index (χ4v) is 2.33. The SMILES string of the molecule is CCCCCN(C)C(=O)CCC1CCC[N]C1. The second-order valence-corrected chi connectivity index (χ2v) is 5.20. The number of carbonyl (C=O) groups is 1. The Hall–Kier alpha value is -0.570. The molecule has 0 N–H and O–H groups in total. The van der Waals surface area contributed by atoms with Crippen LogP contribution in [0.5, 0.6) is 0 Å². The predicted molar refractivity (Wildman–Crippen MR) is 71.0 cm³/mol. The predicted octanol–water partition coefficient (Wildman–Crippen LogP) is 2.43. The smallest absolute Gasteiger partial charge is 0.222 e. The normalized spacial score (nSPS) is 20.2. The van der Waals surface area contributed by atoms with Crippen molar-refractivity contribution in [3.05, 3.63) is 0 Å². The maximum atomic E-state index is 11.9. The number of hydrogen-bond acceptors (Lipinski definition) is 1. The van der Waals surface area contributed by atoms with Gasteiger partial charge in [-0.2, -0.15) is 0 Å². The van der Waals surface area contributed by atoms with Crippen LogP contribution in [0, 0.1) is 5.92 Å². The minimum Gasteiger partial charge on any atom is -0.346 e. The second kappa shape index (κ2) is 8.51. The number of rotatable bonds is 7. The molecule has 3 heteroatoms. The molecule has 1 unspecified atom stereocenters. The van der Waals surface area contributed by atoms with Gasteiger partial charge in [-0.05, 0) is 31.6 Å². The standard InChI is InChI=1S/C14H27N2O/c1-3-4-5-11-16(2)14(17)9-8-13-7-6-10-15-12-13/h13H,3-12H2,1-2H3. The highest BCUT2D eigenvalue weighted by Crippen LogP contribution is 2.17. The lowest BCUT2D eigenvalue weighted by atomic mass is 9.94. The van der Waals surface area contributed by atoms with E-state index in [1.165, 1.54) is 25.7 Å². The molecular formula is C14H27N2O. The highest BCUT2D eigenvalue weighted by atomic mass is 16.2. The fraction of sp³-hybridized carbons (Fsp3) is 0.929. The summed E-state index contributed by atoms with van der Waals surface area (Å²) < 4.78 is 0. The van der Waals surface area contributed by atoms with Crippen LogP contribution in [0.3, 0.4) is 0 Å². The fourth-order valence-electron chi connectivity index (χ4n) is 2.33. The quantitative estimate of drug-likeness (QED) is 0.628. The third kappa shape index (κ3) is 6.06. The van der Waals surface area contributed by atoms with Crippen LogP contribution in [0.25, 0.3) is 0 Å². The molecule has 1 saturated heterocycles. The molecule has 0 spiro atoms. The van der Waals surface area contributed by atoms with Gasteiger partial charge in [0.15, 0.2) is 0 Å². The van der Waals surface area contributed by atoms with Crippen LogP contribution < -0.4 is 5.32 Å². The summed E-state index contributed by atoms with van der Waals surface area (Å²) in [5.41, 5.74) is 0. The summed E-state index contributed by atoms with van der Waals surface area (Å²) in [5.74, 6) is 0.975. The first-order valence-corrected chi connectivity index (χ1v) is 7.11. The van der Waals surface area contributed by atoms with E-state index in [-0.39, 0.29) is 0 Å². The number of nitrogens with zero attached hydrogens (tertiary/aromatic N) is 2. The maximum Gasteiger partial charge on any atom is 0.222 e. The zero-order chi connectivity index (χ0) is 12.5. The number of carbonyl (C=O) groups excluding carboxylic acids is 1. The van der Waals surface area contributed by atoms with Crippen molar-refractivity contribution in [1.29, 1.82) is 0 Å². The van der Waals surface area contributed by atoms with Crippen molar-refractivity contribution in [3.8, 4) is 0 Å². The van der Waals surface area contributed by atoms with Gasteiger partial charge in [-0.15, -0.1) is 0 Å². The van der Waals surface area contributed by atoms with Gasteiger partial charge < -0.3 is 4.90 Å². The molecule has 0 aromatic heterocycles. The lowest BCUT2D eigenvalue weighted by molar-refractivity contribution is -0.130. The van der Waals surface area contributed by atoms with E-state index in [9.17, 15) is 4.79 Å². The molecule has 1 radical (unpaired) electrons. The van der Waals surface area contributed by atoms with Crippen LogP contribution in [-0.4, -0.2) is 37.5 Å². The molecular weight excluding hydrogens is 212 g/mol. The lowest BCUT2D eigenvalue weighted by Crippen LogP contribution is -2.30. The van der Waals surface area contributed by atoms with Gasteiger partial charge in [0.1, 0.15) is 0 Å². The lowest BCUT2D eigenvalue weighted by Gasteiger charge is -2.22. The Balaban J connectivity index is 2.10. The van der Waals surface area contributed by atoms with Gasteiger partial charge in [0, 0.05) is 33.1 Å². The van der Waals surface area contributed by atoms with E-state index in [0.717, 1.165) is 32.5 Å². The molecule has 0 saturated carbocycles. The molecule has 0 aromatic rings. The van der Waals surface area contributed by atoms with Crippen LogP contribution >= 0.6 is 0 Å². The van der Waals surface area contributed by atoms with Gasteiger partial charge in [0.25, 0.3) is 0 Å². The molecule has 3 nitrogen and oxygen atoms in total. The Bertz CT molecular complexity index is 212. The van der Waals surface area contributed by atoms with E-state index in [4.69, 9.17) is 0 Å². The van der Waals surface area contributed by atoms with Gasteiger partial charge in [0.05, 0.1) is 0 Å². The van der Waals surface area contributed by atoms with Crippen LogP contribution in [0.1, 0.15) is 51.9 Å². The van der Waals surface area contributed by atoms with Crippen LogP contribution in [0.4, 0.5) is 0 Å². The monoisotopic (exact) mass is 239 g/mol. The van der Waals surface area contributed by atoms with Crippen LogP contribution in [-0.2, 0) is 4.79 Å². The summed E-state index contributed by atoms with van der Waals surface area (Å²) in [6.45, 7) is 5.12. The Morgan fingerprint density at radius 3 is 2.88 bits per heavy atom. The number of hydrogen-bond donors (Lipinski definition) is 0. The molecule has 17 heavy (non-hydrogen) atoms. The van der Waals surface area contributed by atoms with Crippen molar-refractivity contribution in [2.75, 3.05) is 26.7 Å². The van der Waals surface area contributed by atoms with Crippen molar-refractivity contribution < 1.29 is 4.79 Å². The van der Waals surface area contributed by atoms with Crippen molar-refractivity contribution >= 4 is 5.91 Å². The van der Waals surface area contributed by atoms with Crippen LogP contribution in [0.2, 0.25) is 0 Å². The zero-order valence-corrected chi connectivity index (χ0v) is 11.5. The Morgan fingerprint density at radius 2 is 2.24 bits per heavy atom. The summed E-state index contributed by atoms with van der Waals surface area (Å²) in [6, 6.07) is 0. The van der Waals surface area contributed by atoms with Crippen LogP contribution in [0.15, 0.2) is 0 Å². The molecule has 1 aliphatic heterocycles. The highest BCUT2D eigenvalue weighted by Gasteiger charge is 2.16. The van der Waals surface area contributed by atoms with E-state index in [2.05, 4.69) is 12.2 Å². The Kier molecular flexibility index (Phi) is 7.25. The van der Waals surface area contributed by atoms with E-state index in [1.54, 1.807) is 0 Å². The molecule has 0 aromatic carbocycles. The van der Waals surface area contributed by atoms with E-state index >= 15 is 0 Å². The van der Waals surface area contributed by atoms with E-state index < -0.39 is 0 Å². The van der Waals surface area contributed by atoms with Crippen molar-refractivity contribution in [3.63, 3.8) is 0 Å². The van der Waals surface area contributed by atoms with Gasteiger partial charge in [-0.25, -0.2) is 5.32 Å². The summed E-state index contributed by atoms with van der Waals surface area (Å²) in [7, 11) is 1.93. The van der Waals surface area contributed by atoms with E-state index in [1.807, 2.05) is 11.9 Å². The summed E-state index contributed by atoms with van der Waals surface area (Å²) in [6.07, 6.45) is 7.78. The largest absolute Gasteiger partial charge is 0.346 e. The van der Waals surface area contributed by atoms with Crippen molar-refractivity contribution in [2.45, 2.75) is 51.9 Å². The molecule has 1 atom stereocenters. The molecule has 1 amide bonds. The average molecular weight is 239 g/mol. The van der Waals surface area contributed by atoms with Crippen molar-refractivity contribution in [1.82, 2.24) is 10.2 Å². The van der Waals surface area contributed by atoms with E-state index in [0.29, 0.717) is 18.2 Å². The zero-order valence-electron chi connectivity index (χ0n) is 11.5. The molecule has 0 bridgehead atoms. The van der Waals surface area contributed by atoms with Gasteiger partial charge in [0.2, 0.25) is 5.91 Å². The molecule has 1 aliphatic rings.